The number of hydrogen-bond donors (Lipinski definition) is 2. The van der Waals surface area contributed by atoms with Gasteiger partial charge >= 0.3 is 0 Å². The van der Waals surface area contributed by atoms with Crippen LogP contribution in [-0.4, -0.2) is 9.97 Å². The lowest BCUT2D eigenvalue weighted by Crippen LogP contribution is -1.90. The third-order valence-corrected chi connectivity index (χ3v) is 3.55. The average Bonchev–Trinajstić information content (AvgIpc) is 2.88. The quantitative estimate of drug-likeness (QED) is 0.713. The normalized spacial score (nSPS) is 10.3. The predicted molar refractivity (Wildman–Crippen MR) is 79.5 cm³/mol. The number of benzene rings is 1. The molecule has 0 aliphatic rings. The number of rotatable bonds is 3. The Hall–Kier alpha value is -2.40. The van der Waals surface area contributed by atoms with Crippen molar-refractivity contribution in [3.63, 3.8) is 0 Å². The summed E-state index contributed by atoms with van der Waals surface area (Å²) in [4.78, 5) is 9.55. The maximum Gasteiger partial charge on any atom is 0.187 e. The van der Waals surface area contributed by atoms with E-state index in [1.807, 2.05) is 48.8 Å². The fourth-order valence-electron chi connectivity index (χ4n) is 1.71. The number of nitrogens with one attached hydrogen (secondary N) is 1. The number of nitrogens with two attached hydrogens (primary N) is 1. The van der Waals surface area contributed by atoms with E-state index in [9.17, 15) is 0 Å². The second-order valence-corrected chi connectivity index (χ2v) is 5.05. The molecule has 0 atom stereocenters. The highest BCUT2D eigenvalue weighted by Crippen LogP contribution is 2.30. The molecule has 2 heterocycles. The molecule has 0 aliphatic heterocycles. The number of nitrogens with zero attached hydrogens (tertiary/aromatic N) is 2. The minimum absolute atomic E-state index is 0.731. The van der Waals surface area contributed by atoms with Gasteiger partial charge in [-0.1, -0.05) is 23.5 Å². The summed E-state index contributed by atoms with van der Waals surface area (Å²) < 4.78 is 0. The van der Waals surface area contributed by atoms with Crippen LogP contribution in [0.2, 0.25) is 0 Å². The summed E-state index contributed by atoms with van der Waals surface area (Å²) in [5.41, 5.74) is 8.48. The zero-order chi connectivity index (χ0) is 13.1. The third-order valence-electron chi connectivity index (χ3n) is 2.59. The molecule has 0 spiro atoms. The first-order valence-corrected chi connectivity index (χ1v) is 6.62. The van der Waals surface area contributed by atoms with E-state index in [2.05, 4.69) is 15.3 Å². The van der Waals surface area contributed by atoms with E-state index in [1.165, 1.54) is 0 Å². The van der Waals surface area contributed by atoms with E-state index in [4.69, 9.17) is 5.73 Å². The van der Waals surface area contributed by atoms with Crippen molar-refractivity contribution in [3.05, 3.63) is 55.0 Å². The summed E-state index contributed by atoms with van der Waals surface area (Å²) in [6.45, 7) is 0. The standard InChI is InChI=1S/C14H12N4S/c15-11-4-1-5-12(7-11)18-14-17-9-13(19-14)10-3-2-6-16-8-10/h1-9H,15H2,(H,17,18). The van der Waals surface area contributed by atoms with Gasteiger partial charge in [-0.3, -0.25) is 4.98 Å². The van der Waals surface area contributed by atoms with E-state index >= 15 is 0 Å². The molecule has 3 N–H and O–H groups in total. The van der Waals surface area contributed by atoms with Crippen molar-refractivity contribution in [3.8, 4) is 10.4 Å². The van der Waals surface area contributed by atoms with E-state index in [-0.39, 0.29) is 0 Å². The van der Waals surface area contributed by atoms with Gasteiger partial charge in [0.05, 0.1) is 4.88 Å². The zero-order valence-electron chi connectivity index (χ0n) is 10.1. The van der Waals surface area contributed by atoms with Crippen LogP contribution >= 0.6 is 11.3 Å². The molecule has 0 aliphatic carbocycles. The molecule has 3 aromatic rings. The van der Waals surface area contributed by atoms with Crippen LogP contribution < -0.4 is 11.1 Å². The molecule has 5 heteroatoms. The average molecular weight is 268 g/mol. The molecular formula is C14H12N4S. The third kappa shape index (κ3) is 2.71. The molecule has 0 fully saturated rings. The Morgan fingerprint density at radius 2 is 2.05 bits per heavy atom. The molecule has 94 valence electrons. The molecule has 4 nitrogen and oxygen atoms in total. The van der Waals surface area contributed by atoms with E-state index < -0.39 is 0 Å². The van der Waals surface area contributed by atoms with Crippen molar-refractivity contribution in [1.82, 2.24) is 9.97 Å². The summed E-state index contributed by atoms with van der Waals surface area (Å²) in [6.07, 6.45) is 5.44. The van der Waals surface area contributed by atoms with Crippen LogP contribution in [-0.2, 0) is 0 Å². The fraction of sp³-hybridized carbons (Fsp3) is 0. The lowest BCUT2D eigenvalue weighted by molar-refractivity contribution is 1.33. The van der Waals surface area contributed by atoms with Crippen molar-refractivity contribution in [2.75, 3.05) is 11.1 Å². The van der Waals surface area contributed by atoms with Gasteiger partial charge in [0.15, 0.2) is 5.13 Å². The van der Waals surface area contributed by atoms with Gasteiger partial charge in [0.1, 0.15) is 0 Å². The minimum Gasteiger partial charge on any atom is -0.399 e. The van der Waals surface area contributed by atoms with Gasteiger partial charge in [-0.2, -0.15) is 0 Å². The second-order valence-electron chi connectivity index (χ2n) is 4.02. The molecular weight excluding hydrogens is 256 g/mol. The lowest BCUT2D eigenvalue weighted by atomic mass is 10.3. The first-order valence-electron chi connectivity index (χ1n) is 5.80. The van der Waals surface area contributed by atoms with E-state index in [0.717, 1.165) is 26.9 Å². The van der Waals surface area contributed by atoms with Gasteiger partial charge in [-0.15, -0.1) is 0 Å². The molecule has 19 heavy (non-hydrogen) atoms. The predicted octanol–water partition coefficient (Wildman–Crippen LogP) is 3.53. The fourth-order valence-corrected chi connectivity index (χ4v) is 2.54. The monoisotopic (exact) mass is 268 g/mol. The number of anilines is 3. The van der Waals surface area contributed by atoms with Crippen LogP contribution in [0, 0.1) is 0 Å². The highest BCUT2D eigenvalue weighted by atomic mass is 32.1. The van der Waals surface area contributed by atoms with Gasteiger partial charge < -0.3 is 11.1 Å². The SMILES string of the molecule is Nc1cccc(Nc2ncc(-c3cccnc3)s2)c1. The summed E-state index contributed by atoms with van der Waals surface area (Å²) >= 11 is 1.58. The number of aromatic nitrogens is 2. The van der Waals surface area contributed by atoms with Crippen LogP contribution in [0.15, 0.2) is 55.0 Å². The summed E-state index contributed by atoms with van der Waals surface area (Å²) in [5, 5.41) is 4.08. The van der Waals surface area contributed by atoms with Crippen LogP contribution in [0.5, 0.6) is 0 Å². The van der Waals surface area contributed by atoms with Crippen molar-refractivity contribution < 1.29 is 0 Å². The lowest BCUT2D eigenvalue weighted by Gasteiger charge is -2.02. The van der Waals surface area contributed by atoms with Gasteiger partial charge in [-0.25, -0.2) is 4.98 Å². The molecule has 3 rings (SSSR count). The largest absolute Gasteiger partial charge is 0.399 e. The van der Waals surface area contributed by atoms with E-state index in [1.54, 1.807) is 17.5 Å². The summed E-state index contributed by atoms with van der Waals surface area (Å²) in [6, 6.07) is 11.5. The number of nitrogen functional groups attached to an aromatic ring is 1. The molecule has 0 amide bonds. The van der Waals surface area contributed by atoms with Crippen molar-refractivity contribution in [2.45, 2.75) is 0 Å². The topological polar surface area (TPSA) is 63.8 Å². The molecule has 0 saturated carbocycles. The Balaban J connectivity index is 1.82. The smallest absolute Gasteiger partial charge is 0.187 e. The Morgan fingerprint density at radius 1 is 1.11 bits per heavy atom. The molecule has 0 unspecified atom stereocenters. The van der Waals surface area contributed by atoms with Crippen LogP contribution in [0.1, 0.15) is 0 Å². The van der Waals surface area contributed by atoms with Crippen LogP contribution in [0.4, 0.5) is 16.5 Å². The second kappa shape index (κ2) is 5.07. The minimum atomic E-state index is 0.731. The van der Waals surface area contributed by atoms with Crippen molar-refractivity contribution in [2.24, 2.45) is 0 Å². The maximum atomic E-state index is 5.74. The number of pyridine rings is 1. The Morgan fingerprint density at radius 3 is 2.84 bits per heavy atom. The number of thiazole rings is 1. The molecule has 0 bridgehead atoms. The van der Waals surface area contributed by atoms with Gasteiger partial charge in [0, 0.05) is 35.5 Å². The van der Waals surface area contributed by atoms with Crippen molar-refractivity contribution >= 4 is 27.8 Å². The first-order chi connectivity index (χ1) is 9.31. The van der Waals surface area contributed by atoms with E-state index in [0.29, 0.717) is 0 Å². The summed E-state index contributed by atoms with van der Waals surface area (Å²) in [5.74, 6) is 0. The maximum absolute atomic E-state index is 5.74. The molecule has 1 aromatic carbocycles. The summed E-state index contributed by atoms with van der Waals surface area (Å²) in [7, 11) is 0. The number of hydrogen-bond acceptors (Lipinski definition) is 5. The molecule has 0 saturated heterocycles. The van der Waals surface area contributed by atoms with Gasteiger partial charge in [0.2, 0.25) is 0 Å². The van der Waals surface area contributed by atoms with Crippen LogP contribution in [0.25, 0.3) is 10.4 Å². The Kier molecular flexibility index (Phi) is 3.12. The highest BCUT2D eigenvalue weighted by Gasteiger charge is 2.04. The van der Waals surface area contributed by atoms with Gasteiger partial charge in [0.25, 0.3) is 0 Å². The molecule has 2 aromatic heterocycles. The molecule has 0 radical (unpaired) electrons. The Bertz CT molecular complexity index is 679. The van der Waals surface area contributed by atoms with Crippen molar-refractivity contribution in [1.29, 1.82) is 0 Å². The van der Waals surface area contributed by atoms with Gasteiger partial charge in [-0.05, 0) is 24.3 Å². The highest BCUT2D eigenvalue weighted by molar-refractivity contribution is 7.18. The Labute approximate surface area is 115 Å². The zero-order valence-corrected chi connectivity index (χ0v) is 10.9. The first kappa shape index (κ1) is 11.7. The van der Waals surface area contributed by atoms with Crippen LogP contribution in [0.3, 0.4) is 0 Å².